The molecule has 156 valence electrons. The van der Waals surface area contributed by atoms with E-state index in [1.165, 1.54) is 0 Å². The van der Waals surface area contributed by atoms with Crippen LogP contribution < -0.4 is 10.1 Å². The Balaban J connectivity index is 0.00000280. The molecule has 2 amide bonds. The number of piperidine rings is 1. The van der Waals surface area contributed by atoms with Crippen LogP contribution in [0.3, 0.4) is 0 Å². The van der Waals surface area contributed by atoms with E-state index in [0.29, 0.717) is 26.2 Å². The van der Waals surface area contributed by atoms with Crippen LogP contribution in [-0.4, -0.2) is 73.6 Å². The summed E-state index contributed by atoms with van der Waals surface area (Å²) in [6, 6.07) is 7.76. The van der Waals surface area contributed by atoms with Gasteiger partial charge in [0.25, 0.3) is 5.91 Å². The number of piperazine rings is 1. The first-order chi connectivity index (χ1) is 13.1. The SMILES string of the molecule is COc1cccc(COC(C)C(=O)N2CCCC(N3CCNCC3=O)C2)c1.Cl. The van der Waals surface area contributed by atoms with E-state index in [2.05, 4.69) is 5.32 Å². The van der Waals surface area contributed by atoms with E-state index in [4.69, 9.17) is 9.47 Å². The number of nitrogens with one attached hydrogen (secondary N) is 1. The zero-order chi connectivity index (χ0) is 19.2. The number of carbonyl (C=O) groups is 2. The fourth-order valence-electron chi connectivity index (χ4n) is 3.73. The van der Waals surface area contributed by atoms with E-state index in [9.17, 15) is 9.59 Å². The third-order valence-electron chi connectivity index (χ3n) is 5.26. The maximum absolute atomic E-state index is 12.8. The van der Waals surface area contributed by atoms with Gasteiger partial charge >= 0.3 is 0 Å². The number of amides is 2. The highest BCUT2D eigenvalue weighted by atomic mass is 35.5. The number of halogens is 1. The highest BCUT2D eigenvalue weighted by Gasteiger charge is 2.33. The van der Waals surface area contributed by atoms with Gasteiger partial charge in [-0.15, -0.1) is 12.4 Å². The van der Waals surface area contributed by atoms with Crippen LogP contribution in [0.15, 0.2) is 24.3 Å². The van der Waals surface area contributed by atoms with Gasteiger partial charge < -0.3 is 24.6 Å². The first-order valence-corrected chi connectivity index (χ1v) is 9.62. The Bertz CT molecular complexity index is 673. The minimum Gasteiger partial charge on any atom is -0.497 e. The molecule has 2 aliphatic heterocycles. The number of hydrogen-bond donors (Lipinski definition) is 1. The Kier molecular flexibility index (Phi) is 8.54. The molecular formula is C20H30ClN3O4. The summed E-state index contributed by atoms with van der Waals surface area (Å²) >= 11 is 0. The molecule has 2 aliphatic rings. The van der Waals surface area contributed by atoms with E-state index >= 15 is 0 Å². The van der Waals surface area contributed by atoms with Crippen LogP contribution in [0.2, 0.25) is 0 Å². The number of methoxy groups -OCH3 is 1. The van der Waals surface area contributed by atoms with Crippen molar-refractivity contribution in [2.24, 2.45) is 0 Å². The van der Waals surface area contributed by atoms with Crippen molar-refractivity contribution >= 4 is 24.2 Å². The van der Waals surface area contributed by atoms with Gasteiger partial charge in [-0.1, -0.05) is 12.1 Å². The summed E-state index contributed by atoms with van der Waals surface area (Å²) in [5.74, 6) is 0.891. The lowest BCUT2D eigenvalue weighted by Gasteiger charge is -2.41. The summed E-state index contributed by atoms with van der Waals surface area (Å²) in [5.41, 5.74) is 0.969. The maximum Gasteiger partial charge on any atom is 0.251 e. The van der Waals surface area contributed by atoms with Gasteiger partial charge in [0, 0.05) is 32.2 Å². The molecule has 28 heavy (non-hydrogen) atoms. The van der Waals surface area contributed by atoms with Crippen molar-refractivity contribution < 1.29 is 19.1 Å². The van der Waals surface area contributed by atoms with Crippen LogP contribution in [0.5, 0.6) is 5.75 Å². The molecule has 1 aromatic carbocycles. The molecule has 0 aromatic heterocycles. The highest BCUT2D eigenvalue weighted by molar-refractivity contribution is 5.85. The average Bonchev–Trinajstić information content (AvgIpc) is 2.72. The third-order valence-corrected chi connectivity index (χ3v) is 5.26. The molecule has 0 saturated carbocycles. The van der Waals surface area contributed by atoms with Crippen molar-refractivity contribution in [1.82, 2.24) is 15.1 Å². The standard InChI is InChI=1S/C20H29N3O4.ClH/c1-15(27-14-16-5-3-7-18(11-16)26-2)20(25)22-9-4-6-17(13-22)23-10-8-21-12-19(23)24;/h3,5,7,11,15,17,21H,4,6,8-10,12-14H2,1-2H3;1H. The Morgan fingerprint density at radius 3 is 2.93 bits per heavy atom. The smallest absolute Gasteiger partial charge is 0.251 e. The number of likely N-dealkylation sites (tertiary alicyclic amines) is 1. The fraction of sp³-hybridized carbons (Fsp3) is 0.600. The molecule has 0 spiro atoms. The summed E-state index contributed by atoms with van der Waals surface area (Å²) in [6.45, 7) is 5.40. The van der Waals surface area contributed by atoms with Crippen molar-refractivity contribution in [1.29, 1.82) is 0 Å². The second kappa shape index (κ2) is 10.6. The fourth-order valence-corrected chi connectivity index (χ4v) is 3.73. The van der Waals surface area contributed by atoms with Gasteiger partial charge in [0.1, 0.15) is 11.9 Å². The Morgan fingerprint density at radius 1 is 1.36 bits per heavy atom. The Hall–Kier alpha value is -1.83. The van der Waals surface area contributed by atoms with Gasteiger partial charge in [0.15, 0.2) is 0 Å². The quantitative estimate of drug-likeness (QED) is 0.767. The largest absolute Gasteiger partial charge is 0.497 e. The minimum absolute atomic E-state index is 0. The number of carbonyl (C=O) groups excluding carboxylic acids is 2. The zero-order valence-electron chi connectivity index (χ0n) is 16.6. The number of rotatable bonds is 6. The molecule has 2 atom stereocenters. The van der Waals surface area contributed by atoms with Crippen LogP contribution in [-0.2, 0) is 20.9 Å². The average molecular weight is 412 g/mol. The van der Waals surface area contributed by atoms with Crippen LogP contribution in [0.4, 0.5) is 0 Å². The predicted octanol–water partition coefficient (Wildman–Crippen LogP) is 1.44. The summed E-state index contributed by atoms with van der Waals surface area (Å²) in [5, 5.41) is 3.10. The first kappa shape index (κ1) is 22.5. The van der Waals surface area contributed by atoms with Gasteiger partial charge in [-0.25, -0.2) is 0 Å². The van der Waals surface area contributed by atoms with E-state index in [-0.39, 0.29) is 30.3 Å². The van der Waals surface area contributed by atoms with Crippen LogP contribution in [0, 0.1) is 0 Å². The second-order valence-electron chi connectivity index (χ2n) is 7.15. The van der Waals surface area contributed by atoms with Crippen molar-refractivity contribution in [2.75, 3.05) is 39.8 Å². The molecule has 3 rings (SSSR count). The molecule has 2 fully saturated rings. The molecule has 0 bridgehead atoms. The summed E-state index contributed by atoms with van der Waals surface area (Å²) in [6.07, 6.45) is 1.35. The first-order valence-electron chi connectivity index (χ1n) is 9.62. The zero-order valence-corrected chi connectivity index (χ0v) is 17.4. The van der Waals surface area contributed by atoms with Crippen molar-refractivity contribution in [3.8, 4) is 5.75 Å². The van der Waals surface area contributed by atoms with E-state index in [1.807, 2.05) is 34.1 Å². The Labute approximate surface area is 172 Å². The number of nitrogens with zero attached hydrogens (tertiary/aromatic N) is 2. The van der Waals surface area contributed by atoms with Gasteiger partial charge in [-0.05, 0) is 37.5 Å². The lowest BCUT2D eigenvalue weighted by Crippen LogP contribution is -2.58. The molecule has 2 unspecified atom stereocenters. The molecular weight excluding hydrogens is 382 g/mol. The van der Waals surface area contributed by atoms with Gasteiger partial charge in [-0.2, -0.15) is 0 Å². The van der Waals surface area contributed by atoms with E-state index in [0.717, 1.165) is 37.2 Å². The topological polar surface area (TPSA) is 71.1 Å². The van der Waals surface area contributed by atoms with Crippen molar-refractivity contribution in [2.45, 2.75) is 38.5 Å². The minimum atomic E-state index is -0.520. The lowest BCUT2D eigenvalue weighted by atomic mass is 10.0. The molecule has 2 saturated heterocycles. The molecule has 1 aromatic rings. The number of ether oxygens (including phenoxy) is 2. The third kappa shape index (κ3) is 5.59. The number of benzene rings is 1. The molecule has 2 heterocycles. The van der Waals surface area contributed by atoms with Crippen LogP contribution in [0.1, 0.15) is 25.3 Å². The highest BCUT2D eigenvalue weighted by Crippen LogP contribution is 2.19. The predicted molar refractivity (Wildman–Crippen MR) is 109 cm³/mol. The van der Waals surface area contributed by atoms with Crippen LogP contribution in [0.25, 0.3) is 0 Å². The van der Waals surface area contributed by atoms with E-state index in [1.54, 1.807) is 14.0 Å². The second-order valence-corrected chi connectivity index (χ2v) is 7.15. The van der Waals surface area contributed by atoms with Gasteiger partial charge in [-0.3, -0.25) is 9.59 Å². The van der Waals surface area contributed by atoms with E-state index < -0.39 is 6.10 Å². The molecule has 0 aliphatic carbocycles. The molecule has 0 radical (unpaired) electrons. The summed E-state index contributed by atoms with van der Waals surface area (Å²) in [7, 11) is 1.63. The molecule has 1 N–H and O–H groups in total. The molecule has 7 nitrogen and oxygen atoms in total. The van der Waals surface area contributed by atoms with Gasteiger partial charge in [0.2, 0.25) is 5.91 Å². The van der Waals surface area contributed by atoms with Crippen molar-refractivity contribution in [3.63, 3.8) is 0 Å². The lowest BCUT2D eigenvalue weighted by molar-refractivity contribution is -0.148. The van der Waals surface area contributed by atoms with Crippen molar-refractivity contribution in [3.05, 3.63) is 29.8 Å². The summed E-state index contributed by atoms with van der Waals surface area (Å²) < 4.78 is 11.0. The monoisotopic (exact) mass is 411 g/mol. The number of hydrogen-bond acceptors (Lipinski definition) is 5. The summed E-state index contributed by atoms with van der Waals surface area (Å²) in [4.78, 5) is 28.7. The molecule has 8 heteroatoms. The Morgan fingerprint density at radius 2 is 2.18 bits per heavy atom. The maximum atomic E-state index is 12.8. The van der Waals surface area contributed by atoms with Gasteiger partial charge in [0.05, 0.1) is 20.3 Å². The normalized spacial score (nSPS) is 21.1. The van der Waals surface area contributed by atoms with Crippen LogP contribution >= 0.6 is 12.4 Å².